The van der Waals surface area contributed by atoms with Crippen LogP contribution in [0.3, 0.4) is 0 Å². The highest BCUT2D eigenvalue weighted by Gasteiger charge is 2.33. The van der Waals surface area contributed by atoms with Crippen molar-refractivity contribution >= 4 is 12.2 Å². The first-order valence-corrected chi connectivity index (χ1v) is 9.93. The summed E-state index contributed by atoms with van der Waals surface area (Å²) in [6.45, 7) is 0. The van der Waals surface area contributed by atoms with Crippen molar-refractivity contribution in [2.45, 2.75) is 43.9 Å². The van der Waals surface area contributed by atoms with Crippen LogP contribution in [0.2, 0.25) is 0 Å². The largest absolute Gasteiger partial charge is 0.0764 e. The zero-order valence-electron chi connectivity index (χ0n) is 14.8. The van der Waals surface area contributed by atoms with E-state index in [4.69, 9.17) is 0 Å². The molecule has 1 saturated carbocycles. The molecule has 0 nitrogen and oxygen atoms in total. The third-order valence-corrected chi connectivity index (χ3v) is 6.74. The third kappa shape index (κ3) is 2.78. The molecule has 0 aromatic heterocycles. The first-order chi connectivity index (χ1) is 12.4. The highest BCUT2D eigenvalue weighted by molar-refractivity contribution is 5.63. The SMILES string of the molecule is C1=CC(C[C@H]2CCC[C@@H]2CC2C=Cc3ccccc32)c2ccccc21. The van der Waals surface area contributed by atoms with Gasteiger partial charge in [-0.3, -0.25) is 0 Å². The minimum atomic E-state index is 0.646. The van der Waals surface area contributed by atoms with Gasteiger partial charge in [-0.25, -0.2) is 0 Å². The van der Waals surface area contributed by atoms with Crippen molar-refractivity contribution in [3.05, 3.63) is 82.9 Å². The highest BCUT2D eigenvalue weighted by atomic mass is 14.4. The smallest absolute Gasteiger partial charge is 0.00299 e. The van der Waals surface area contributed by atoms with Gasteiger partial charge in [-0.2, -0.15) is 0 Å². The van der Waals surface area contributed by atoms with Crippen LogP contribution in [0.5, 0.6) is 0 Å². The molecule has 2 aromatic rings. The van der Waals surface area contributed by atoms with Gasteiger partial charge in [-0.15, -0.1) is 0 Å². The Morgan fingerprint density at radius 1 is 0.640 bits per heavy atom. The summed E-state index contributed by atoms with van der Waals surface area (Å²) in [5, 5.41) is 0. The van der Waals surface area contributed by atoms with Crippen LogP contribution in [-0.2, 0) is 0 Å². The van der Waals surface area contributed by atoms with Gasteiger partial charge in [0, 0.05) is 11.8 Å². The van der Waals surface area contributed by atoms with Crippen molar-refractivity contribution in [3.8, 4) is 0 Å². The van der Waals surface area contributed by atoms with Crippen LogP contribution in [0.15, 0.2) is 60.7 Å². The molecule has 3 aliphatic rings. The second-order valence-corrected chi connectivity index (χ2v) is 8.11. The molecule has 126 valence electrons. The summed E-state index contributed by atoms with van der Waals surface area (Å²) in [6, 6.07) is 17.9. The number of rotatable bonds is 4. The predicted molar refractivity (Wildman–Crippen MR) is 106 cm³/mol. The molecule has 0 N–H and O–H groups in total. The Balaban J connectivity index is 1.29. The minimum Gasteiger partial charge on any atom is -0.0764 e. The molecule has 0 heterocycles. The van der Waals surface area contributed by atoms with Gasteiger partial charge in [0.2, 0.25) is 0 Å². The van der Waals surface area contributed by atoms with E-state index in [1.165, 1.54) is 43.2 Å². The maximum atomic E-state index is 2.45. The Hall–Kier alpha value is -2.08. The molecular weight excluding hydrogens is 300 g/mol. The normalized spacial score (nSPS) is 29.1. The first-order valence-electron chi connectivity index (χ1n) is 9.93. The van der Waals surface area contributed by atoms with Gasteiger partial charge < -0.3 is 0 Å². The van der Waals surface area contributed by atoms with Gasteiger partial charge in [0.05, 0.1) is 0 Å². The van der Waals surface area contributed by atoms with E-state index in [9.17, 15) is 0 Å². The van der Waals surface area contributed by atoms with Gasteiger partial charge in [0.25, 0.3) is 0 Å². The van der Waals surface area contributed by atoms with E-state index in [1.54, 1.807) is 11.1 Å². The van der Waals surface area contributed by atoms with Crippen LogP contribution in [0.1, 0.15) is 66.2 Å². The van der Waals surface area contributed by atoms with Gasteiger partial charge in [-0.05, 0) is 46.9 Å². The van der Waals surface area contributed by atoms with Crippen molar-refractivity contribution in [2.75, 3.05) is 0 Å². The summed E-state index contributed by atoms with van der Waals surface area (Å²) in [4.78, 5) is 0. The van der Waals surface area contributed by atoms with E-state index in [-0.39, 0.29) is 0 Å². The van der Waals surface area contributed by atoms with Crippen molar-refractivity contribution < 1.29 is 0 Å². The van der Waals surface area contributed by atoms with Crippen molar-refractivity contribution in [1.29, 1.82) is 0 Å². The predicted octanol–water partition coefficient (Wildman–Crippen LogP) is 6.80. The summed E-state index contributed by atoms with van der Waals surface area (Å²) in [5.74, 6) is 3.07. The average molecular weight is 326 g/mol. The van der Waals surface area contributed by atoms with E-state index in [0.29, 0.717) is 11.8 Å². The van der Waals surface area contributed by atoms with Crippen LogP contribution >= 0.6 is 0 Å². The second kappa shape index (κ2) is 6.33. The molecule has 0 bridgehead atoms. The first kappa shape index (κ1) is 15.2. The lowest BCUT2D eigenvalue weighted by Crippen LogP contribution is -2.13. The summed E-state index contributed by atoms with van der Waals surface area (Å²) < 4.78 is 0. The Morgan fingerprint density at radius 2 is 1.12 bits per heavy atom. The minimum absolute atomic E-state index is 0.646. The van der Waals surface area contributed by atoms with Gasteiger partial charge in [0.1, 0.15) is 0 Å². The fourth-order valence-electron chi connectivity index (χ4n) is 5.45. The topological polar surface area (TPSA) is 0 Å². The van der Waals surface area contributed by atoms with Crippen molar-refractivity contribution in [1.82, 2.24) is 0 Å². The molecule has 5 rings (SSSR count). The Labute approximate surface area is 151 Å². The van der Waals surface area contributed by atoms with Crippen LogP contribution in [0.4, 0.5) is 0 Å². The lowest BCUT2D eigenvalue weighted by molar-refractivity contribution is 0.326. The fraction of sp³-hybridized carbons (Fsp3) is 0.360. The molecular formula is C25H26. The van der Waals surface area contributed by atoms with Crippen LogP contribution in [-0.4, -0.2) is 0 Å². The number of fused-ring (bicyclic) bond motifs is 2. The zero-order valence-corrected chi connectivity index (χ0v) is 14.8. The zero-order chi connectivity index (χ0) is 16.6. The lowest BCUT2D eigenvalue weighted by Gasteiger charge is -2.25. The van der Waals surface area contributed by atoms with Crippen molar-refractivity contribution in [3.63, 3.8) is 0 Å². The van der Waals surface area contributed by atoms with Gasteiger partial charge in [-0.1, -0.05) is 92.1 Å². The maximum absolute atomic E-state index is 2.45. The fourth-order valence-corrected chi connectivity index (χ4v) is 5.45. The molecule has 0 radical (unpaired) electrons. The van der Waals surface area contributed by atoms with Crippen molar-refractivity contribution in [2.24, 2.45) is 11.8 Å². The lowest BCUT2D eigenvalue weighted by atomic mass is 9.79. The molecule has 3 aliphatic carbocycles. The Bertz CT molecular complexity index is 756. The van der Waals surface area contributed by atoms with Crippen LogP contribution < -0.4 is 0 Å². The van der Waals surface area contributed by atoms with E-state index in [2.05, 4.69) is 72.8 Å². The molecule has 2 aromatic carbocycles. The van der Waals surface area contributed by atoms with E-state index < -0.39 is 0 Å². The molecule has 25 heavy (non-hydrogen) atoms. The molecule has 1 fully saturated rings. The Morgan fingerprint density at radius 3 is 1.64 bits per heavy atom. The molecule has 0 amide bonds. The highest BCUT2D eigenvalue weighted by Crippen LogP contribution is 2.46. The molecule has 0 saturated heterocycles. The van der Waals surface area contributed by atoms with Gasteiger partial charge >= 0.3 is 0 Å². The molecule has 0 aliphatic heterocycles. The molecule has 4 atom stereocenters. The molecule has 0 heteroatoms. The Kier molecular flexibility index (Phi) is 3.85. The summed E-state index contributed by atoms with van der Waals surface area (Å²) >= 11 is 0. The molecule has 0 spiro atoms. The quantitative estimate of drug-likeness (QED) is 0.579. The van der Waals surface area contributed by atoms with E-state index in [0.717, 1.165) is 11.8 Å². The maximum Gasteiger partial charge on any atom is 0.00299 e. The van der Waals surface area contributed by atoms with Crippen LogP contribution in [0.25, 0.3) is 12.2 Å². The van der Waals surface area contributed by atoms with E-state index in [1.807, 2.05) is 0 Å². The summed E-state index contributed by atoms with van der Waals surface area (Å²) in [7, 11) is 0. The van der Waals surface area contributed by atoms with Gasteiger partial charge in [0.15, 0.2) is 0 Å². The average Bonchev–Trinajstić information content (AvgIpc) is 3.36. The molecule has 2 unspecified atom stereocenters. The number of hydrogen-bond acceptors (Lipinski definition) is 0. The standard InChI is InChI=1S/C25H26/c1-3-10-24-18(6-1)12-14-22(24)16-20-8-5-9-21(20)17-23-15-13-19-7-2-4-11-25(19)23/h1-4,6-7,10-15,20-23H,5,8-9,16-17H2/t20-,21-,22?,23?/m1/s1. The number of hydrogen-bond donors (Lipinski definition) is 0. The third-order valence-electron chi connectivity index (χ3n) is 6.74. The van der Waals surface area contributed by atoms with E-state index >= 15 is 0 Å². The summed E-state index contributed by atoms with van der Waals surface area (Å²) in [6.07, 6.45) is 16.5. The van der Waals surface area contributed by atoms with Crippen LogP contribution in [0, 0.1) is 11.8 Å². The monoisotopic (exact) mass is 326 g/mol. The number of benzene rings is 2. The summed E-state index contributed by atoms with van der Waals surface area (Å²) in [5.41, 5.74) is 5.99. The number of allylic oxidation sites excluding steroid dienone is 2. The second-order valence-electron chi connectivity index (χ2n) is 8.11.